The normalized spacial score (nSPS) is 57.9. The molecule has 104 valence electrons. The van der Waals surface area contributed by atoms with Crippen molar-refractivity contribution in [1.82, 2.24) is 0 Å². The van der Waals surface area contributed by atoms with Crippen LogP contribution in [0.1, 0.15) is 38.5 Å². The summed E-state index contributed by atoms with van der Waals surface area (Å²) in [5.74, 6) is 5.61. The molecular weight excluding hydrogens is 236 g/mol. The van der Waals surface area contributed by atoms with Crippen LogP contribution in [0.25, 0.3) is 0 Å². The van der Waals surface area contributed by atoms with Crippen LogP contribution < -0.4 is 0 Å². The van der Waals surface area contributed by atoms with Gasteiger partial charge in [0.2, 0.25) is 0 Å². The minimum atomic E-state index is 0.116. The second kappa shape index (κ2) is 4.08. The van der Waals surface area contributed by atoms with E-state index in [0.29, 0.717) is 6.10 Å². The standard InChI is InChI=1S/C17H24O2/c1-2-6-18-15(3-1)19-14-9-12-8-13(14)17-11-5-4-10(7-11)16(12)17/h4-5,10-17H,1-3,6-9H2. The average Bonchev–Trinajstić information content (AvgIpc) is 3.18. The molecule has 4 fully saturated rings. The number of rotatable bonds is 2. The van der Waals surface area contributed by atoms with E-state index in [9.17, 15) is 0 Å². The highest BCUT2D eigenvalue weighted by Crippen LogP contribution is 2.65. The van der Waals surface area contributed by atoms with Gasteiger partial charge in [-0.1, -0.05) is 12.2 Å². The van der Waals surface area contributed by atoms with E-state index in [-0.39, 0.29) is 6.29 Å². The molecule has 0 spiro atoms. The molecule has 8 unspecified atom stereocenters. The van der Waals surface area contributed by atoms with Gasteiger partial charge in [-0.15, -0.1) is 0 Å². The SMILES string of the molecule is C1=CC2CC1C1C3CC(OC4CCCCO4)C(C3)C21. The van der Waals surface area contributed by atoms with E-state index in [1.54, 1.807) is 0 Å². The lowest BCUT2D eigenvalue weighted by Gasteiger charge is -2.38. The molecule has 0 aromatic rings. The predicted molar refractivity (Wildman–Crippen MR) is 72.4 cm³/mol. The molecule has 3 saturated carbocycles. The third-order valence-electron chi connectivity index (χ3n) is 6.67. The molecule has 1 saturated heterocycles. The van der Waals surface area contributed by atoms with Crippen LogP contribution in [-0.4, -0.2) is 19.0 Å². The predicted octanol–water partition coefficient (Wildman–Crippen LogP) is 3.38. The van der Waals surface area contributed by atoms with Crippen molar-refractivity contribution >= 4 is 0 Å². The van der Waals surface area contributed by atoms with Crippen molar-refractivity contribution in [1.29, 1.82) is 0 Å². The van der Waals surface area contributed by atoms with Crippen molar-refractivity contribution in [3.63, 3.8) is 0 Å². The van der Waals surface area contributed by atoms with Crippen LogP contribution in [0.3, 0.4) is 0 Å². The van der Waals surface area contributed by atoms with Gasteiger partial charge in [-0.25, -0.2) is 0 Å². The highest BCUT2D eigenvalue weighted by molar-refractivity contribution is 5.21. The Hall–Kier alpha value is -0.340. The molecule has 0 aromatic carbocycles. The van der Waals surface area contributed by atoms with Gasteiger partial charge in [-0.2, -0.15) is 0 Å². The Bertz CT molecular complexity index is 398. The molecule has 4 aliphatic carbocycles. The highest BCUT2D eigenvalue weighted by Gasteiger charge is 2.61. The first-order valence-electron chi connectivity index (χ1n) is 8.35. The topological polar surface area (TPSA) is 18.5 Å². The van der Waals surface area contributed by atoms with Crippen LogP contribution >= 0.6 is 0 Å². The maximum Gasteiger partial charge on any atom is 0.157 e. The van der Waals surface area contributed by atoms with Crippen molar-refractivity contribution in [3.05, 3.63) is 12.2 Å². The van der Waals surface area contributed by atoms with Gasteiger partial charge >= 0.3 is 0 Å². The lowest BCUT2D eigenvalue weighted by atomic mass is 9.72. The Balaban J connectivity index is 1.32. The van der Waals surface area contributed by atoms with Crippen molar-refractivity contribution in [3.8, 4) is 0 Å². The number of hydrogen-bond acceptors (Lipinski definition) is 2. The quantitative estimate of drug-likeness (QED) is 0.560. The Labute approximate surface area is 115 Å². The van der Waals surface area contributed by atoms with Gasteiger partial charge in [-0.3, -0.25) is 0 Å². The van der Waals surface area contributed by atoms with E-state index in [1.807, 2.05) is 0 Å². The minimum Gasteiger partial charge on any atom is -0.353 e. The van der Waals surface area contributed by atoms with Gasteiger partial charge in [0.1, 0.15) is 0 Å². The Morgan fingerprint density at radius 1 is 0.947 bits per heavy atom. The van der Waals surface area contributed by atoms with Crippen molar-refractivity contribution in [2.45, 2.75) is 50.9 Å². The van der Waals surface area contributed by atoms with Gasteiger partial charge in [0.05, 0.1) is 6.10 Å². The highest BCUT2D eigenvalue weighted by atomic mass is 16.7. The molecule has 8 atom stereocenters. The van der Waals surface area contributed by atoms with Crippen LogP contribution in [0.5, 0.6) is 0 Å². The zero-order valence-corrected chi connectivity index (χ0v) is 11.5. The van der Waals surface area contributed by atoms with E-state index in [1.165, 1.54) is 32.1 Å². The molecule has 0 aromatic heterocycles. The molecule has 0 N–H and O–H groups in total. The Morgan fingerprint density at radius 2 is 1.84 bits per heavy atom. The number of fused-ring (bicyclic) bond motifs is 9. The molecule has 4 bridgehead atoms. The summed E-state index contributed by atoms with van der Waals surface area (Å²) < 4.78 is 12.1. The van der Waals surface area contributed by atoms with Crippen LogP contribution in [-0.2, 0) is 9.47 Å². The molecular formula is C17H24O2. The van der Waals surface area contributed by atoms with E-state index >= 15 is 0 Å². The summed E-state index contributed by atoms with van der Waals surface area (Å²) in [5, 5.41) is 0. The van der Waals surface area contributed by atoms with Crippen LogP contribution in [0.15, 0.2) is 12.2 Å². The number of hydrogen-bond donors (Lipinski definition) is 0. The number of allylic oxidation sites excluding steroid dienone is 2. The Kier molecular flexibility index (Phi) is 2.43. The smallest absolute Gasteiger partial charge is 0.157 e. The third-order valence-corrected chi connectivity index (χ3v) is 6.67. The molecule has 0 amide bonds. The first-order valence-corrected chi connectivity index (χ1v) is 8.35. The van der Waals surface area contributed by atoms with Gasteiger partial charge in [0.25, 0.3) is 0 Å². The molecule has 19 heavy (non-hydrogen) atoms. The molecule has 5 rings (SSSR count). The van der Waals surface area contributed by atoms with Crippen molar-refractivity contribution in [2.75, 3.05) is 6.61 Å². The van der Waals surface area contributed by atoms with E-state index < -0.39 is 0 Å². The Morgan fingerprint density at radius 3 is 2.68 bits per heavy atom. The van der Waals surface area contributed by atoms with Crippen LogP contribution in [0, 0.1) is 35.5 Å². The summed E-state index contributed by atoms with van der Waals surface area (Å²) in [5.41, 5.74) is 0. The van der Waals surface area contributed by atoms with Gasteiger partial charge in [-0.05, 0) is 74.0 Å². The lowest BCUT2D eigenvalue weighted by molar-refractivity contribution is -0.202. The third kappa shape index (κ3) is 1.56. The maximum atomic E-state index is 6.36. The zero-order valence-electron chi connectivity index (χ0n) is 11.5. The van der Waals surface area contributed by atoms with E-state index in [4.69, 9.17) is 9.47 Å². The van der Waals surface area contributed by atoms with Crippen molar-refractivity contribution < 1.29 is 9.47 Å². The van der Waals surface area contributed by atoms with E-state index in [0.717, 1.165) is 48.5 Å². The summed E-state index contributed by atoms with van der Waals surface area (Å²) in [7, 11) is 0. The largest absolute Gasteiger partial charge is 0.353 e. The second-order valence-corrected chi connectivity index (χ2v) is 7.47. The second-order valence-electron chi connectivity index (χ2n) is 7.47. The summed E-state index contributed by atoms with van der Waals surface area (Å²) in [6.07, 6.45) is 13.5. The molecule has 1 aliphatic heterocycles. The zero-order chi connectivity index (χ0) is 12.4. The maximum absolute atomic E-state index is 6.36. The van der Waals surface area contributed by atoms with Crippen molar-refractivity contribution in [2.24, 2.45) is 35.5 Å². The minimum absolute atomic E-state index is 0.116. The number of ether oxygens (including phenoxy) is 2. The first kappa shape index (κ1) is 11.3. The van der Waals surface area contributed by atoms with E-state index in [2.05, 4.69) is 12.2 Å². The summed E-state index contributed by atoms with van der Waals surface area (Å²) in [6, 6.07) is 0. The van der Waals surface area contributed by atoms with Crippen LogP contribution in [0.4, 0.5) is 0 Å². The molecule has 2 heteroatoms. The fourth-order valence-electron chi connectivity index (χ4n) is 6.13. The monoisotopic (exact) mass is 260 g/mol. The summed E-state index contributed by atoms with van der Waals surface area (Å²) >= 11 is 0. The van der Waals surface area contributed by atoms with Gasteiger partial charge in [0, 0.05) is 6.61 Å². The molecule has 2 nitrogen and oxygen atoms in total. The molecule has 5 aliphatic rings. The van der Waals surface area contributed by atoms with Gasteiger partial charge < -0.3 is 9.47 Å². The fourth-order valence-corrected chi connectivity index (χ4v) is 6.13. The first-order chi connectivity index (χ1) is 9.40. The fraction of sp³-hybridized carbons (Fsp3) is 0.882. The van der Waals surface area contributed by atoms with Gasteiger partial charge in [0.15, 0.2) is 6.29 Å². The average molecular weight is 260 g/mol. The molecule has 0 radical (unpaired) electrons. The molecule has 1 heterocycles. The lowest BCUT2D eigenvalue weighted by Crippen LogP contribution is -2.38. The summed E-state index contributed by atoms with van der Waals surface area (Å²) in [4.78, 5) is 0. The summed E-state index contributed by atoms with van der Waals surface area (Å²) in [6.45, 7) is 0.908. The van der Waals surface area contributed by atoms with Crippen LogP contribution in [0.2, 0.25) is 0 Å².